The quantitative estimate of drug-likeness (QED) is 0.470. The summed E-state index contributed by atoms with van der Waals surface area (Å²) < 4.78 is 10.5. The van der Waals surface area contributed by atoms with Crippen molar-refractivity contribution >= 4 is 39.7 Å². The van der Waals surface area contributed by atoms with Crippen LogP contribution in [0, 0.1) is 0 Å². The first-order valence-corrected chi connectivity index (χ1v) is 9.36. The van der Waals surface area contributed by atoms with Gasteiger partial charge in [0.05, 0.1) is 13.0 Å². The van der Waals surface area contributed by atoms with Gasteiger partial charge in [0, 0.05) is 18.9 Å². The van der Waals surface area contributed by atoms with E-state index in [2.05, 4.69) is 10.6 Å². The molecule has 6 heteroatoms. The number of ether oxygens (including phenoxy) is 2. The van der Waals surface area contributed by atoms with Crippen LogP contribution < -0.4 is 15.4 Å². The molecular weight excluding hydrogens is 372 g/mol. The minimum absolute atomic E-state index is 0.165. The molecule has 0 aliphatic heterocycles. The lowest BCUT2D eigenvalue weighted by atomic mass is 10.0. The summed E-state index contributed by atoms with van der Waals surface area (Å²) >= 11 is 5.27. The van der Waals surface area contributed by atoms with Gasteiger partial charge in [0.25, 0.3) is 0 Å². The van der Waals surface area contributed by atoms with Crippen LogP contribution in [-0.2, 0) is 16.0 Å². The highest BCUT2D eigenvalue weighted by Crippen LogP contribution is 2.19. The molecule has 3 aromatic rings. The maximum absolute atomic E-state index is 12.4. The molecule has 0 spiro atoms. The van der Waals surface area contributed by atoms with Crippen LogP contribution in [0.3, 0.4) is 0 Å². The minimum atomic E-state index is -0.165. The first kappa shape index (κ1) is 19.8. The third-order valence-electron chi connectivity index (χ3n) is 4.13. The van der Waals surface area contributed by atoms with Crippen molar-refractivity contribution in [3.05, 3.63) is 72.3 Å². The summed E-state index contributed by atoms with van der Waals surface area (Å²) in [6.07, 6.45) is 0.253. The summed E-state index contributed by atoms with van der Waals surface area (Å²) in [6.45, 7) is 0.979. The lowest BCUT2D eigenvalue weighted by Gasteiger charge is -2.12. The number of carbonyl (C=O) groups excluding carboxylic acids is 1. The number of fused-ring (bicyclic) bond motifs is 1. The Hall–Kier alpha value is -2.96. The number of carbonyl (C=O) groups is 1. The van der Waals surface area contributed by atoms with Gasteiger partial charge >= 0.3 is 0 Å². The van der Waals surface area contributed by atoms with Crippen molar-refractivity contribution in [2.45, 2.75) is 6.42 Å². The third kappa shape index (κ3) is 5.52. The van der Waals surface area contributed by atoms with Gasteiger partial charge in [0.15, 0.2) is 5.11 Å². The molecule has 144 valence electrons. The fourth-order valence-corrected chi connectivity index (χ4v) is 3.09. The van der Waals surface area contributed by atoms with Crippen molar-refractivity contribution in [2.24, 2.45) is 0 Å². The van der Waals surface area contributed by atoms with E-state index in [-0.39, 0.29) is 17.4 Å². The Bertz CT molecular complexity index is 969. The summed E-state index contributed by atoms with van der Waals surface area (Å²) in [4.78, 5) is 12.4. The predicted octanol–water partition coefficient (Wildman–Crippen LogP) is 3.92. The SMILES string of the molecule is COCCOc1cccc(NC(=S)NC(=O)Cc2cccc3ccccc23)c1. The first-order chi connectivity index (χ1) is 13.7. The fourth-order valence-electron chi connectivity index (χ4n) is 2.86. The van der Waals surface area contributed by atoms with Crippen LogP contribution in [-0.4, -0.2) is 31.3 Å². The van der Waals surface area contributed by atoms with Crippen LogP contribution in [0.2, 0.25) is 0 Å². The molecule has 1 amide bonds. The van der Waals surface area contributed by atoms with Crippen LogP contribution in [0.15, 0.2) is 66.7 Å². The average Bonchev–Trinajstić information content (AvgIpc) is 2.68. The van der Waals surface area contributed by atoms with Crippen LogP contribution in [0.4, 0.5) is 5.69 Å². The van der Waals surface area contributed by atoms with E-state index in [9.17, 15) is 4.79 Å². The van der Waals surface area contributed by atoms with E-state index in [0.717, 1.165) is 22.0 Å². The second-order valence-electron chi connectivity index (χ2n) is 6.19. The molecular formula is C22H22N2O3S. The van der Waals surface area contributed by atoms with Crippen molar-refractivity contribution in [3.8, 4) is 5.75 Å². The largest absolute Gasteiger partial charge is 0.491 e. The molecule has 0 aliphatic carbocycles. The molecule has 3 rings (SSSR count). The van der Waals surface area contributed by atoms with Crippen LogP contribution in [0.1, 0.15) is 5.56 Å². The zero-order chi connectivity index (χ0) is 19.8. The Labute approximate surface area is 169 Å². The number of amides is 1. The van der Waals surface area contributed by atoms with Crippen molar-refractivity contribution in [1.29, 1.82) is 0 Å². The monoisotopic (exact) mass is 394 g/mol. The van der Waals surface area contributed by atoms with E-state index in [1.165, 1.54) is 0 Å². The molecule has 0 heterocycles. The van der Waals surface area contributed by atoms with Crippen LogP contribution in [0.25, 0.3) is 10.8 Å². The summed E-state index contributed by atoms with van der Waals surface area (Å²) in [7, 11) is 1.63. The van der Waals surface area contributed by atoms with E-state index in [0.29, 0.717) is 19.0 Å². The Balaban J connectivity index is 1.57. The summed E-state index contributed by atoms with van der Waals surface area (Å²) in [5, 5.41) is 8.18. The molecule has 2 N–H and O–H groups in total. The highest BCUT2D eigenvalue weighted by Gasteiger charge is 2.09. The second kappa shape index (κ2) is 9.82. The van der Waals surface area contributed by atoms with Crippen molar-refractivity contribution in [2.75, 3.05) is 25.6 Å². The second-order valence-corrected chi connectivity index (χ2v) is 6.59. The van der Waals surface area contributed by atoms with Gasteiger partial charge in [-0.25, -0.2) is 0 Å². The van der Waals surface area contributed by atoms with Gasteiger partial charge in [-0.3, -0.25) is 4.79 Å². The standard InChI is InChI=1S/C22H22N2O3S/c1-26-12-13-27-19-10-5-9-18(15-19)23-22(28)24-21(25)14-17-8-4-7-16-6-2-3-11-20(16)17/h2-11,15H,12-14H2,1H3,(H2,23,24,25,28). The number of methoxy groups -OCH3 is 1. The Morgan fingerprint density at radius 3 is 2.64 bits per heavy atom. The Morgan fingerprint density at radius 2 is 1.79 bits per heavy atom. The number of anilines is 1. The first-order valence-electron chi connectivity index (χ1n) is 8.95. The van der Waals surface area contributed by atoms with E-state index >= 15 is 0 Å². The fraction of sp³-hybridized carbons (Fsp3) is 0.182. The number of hydrogen-bond acceptors (Lipinski definition) is 4. The molecule has 0 fully saturated rings. The van der Waals surface area contributed by atoms with E-state index in [4.69, 9.17) is 21.7 Å². The van der Waals surface area contributed by atoms with E-state index < -0.39 is 0 Å². The van der Waals surface area contributed by atoms with Gasteiger partial charge in [-0.2, -0.15) is 0 Å². The molecule has 0 unspecified atom stereocenters. The molecule has 5 nitrogen and oxygen atoms in total. The number of thiocarbonyl (C=S) groups is 1. The average molecular weight is 394 g/mol. The van der Waals surface area contributed by atoms with Gasteiger partial charge < -0.3 is 20.1 Å². The zero-order valence-electron chi connectivity index (χ0n) is 15.6. The van der Waals surface area contributed by atoms with E-state index in [1.54, 1.807) is 7.11 Å². The summed E-state index contributed by atoms with van der Waals surface area (Å²) in [6, 6.07) is 21.3. The van der Waals surface area contributed by atoms with Crippen molar-refractivity contribution in [1.82, 2.24) is 5.32 Å². The maximum Gasteiger partial charge on any atom is 0.230 e. The topological polar surface area (TPSA) is 59.6 Å². The zero-order valence-corrected chi connectivity index (χ0v) is 16.4. The highest BCUT2D eigenvalue weighted by molar-refractivity contribution is 7.80. The lowest BCUT2D eigenvalue weighted by molar-refractivity contribution is -0.119. The highest BCUT2D eigenvalue weighted by atomic mass is 32.1. The molecule has 0 saturated heterocycles. The van der Waals surface area contributed by atoms with Gasteiger partial charge in [-0.1, -0.05) is 48.5 Å². The van der Waals surface area contributed by atoms with Gasteiger partial charge in [0.2, 0.25) is 5.91 Å². The van der Waals surface area contributed by atoms with Crippen LogP contribution in [0.5, 0.6) is 5.75 Å². The Morgan fingerprint density at radius 1 is 1.00 bits per heavy atom. The molecule has 0 atom stereocenters. The lowest BCUT2D eigenvalue weighted by Crippen LogP contribution is -2.35. The minimum Gasteiger partial charge on any atom is -0.491 e. The molecule has 0 saturated carbocycles. The number of hydrogen-bond donors (Lipinski definition) is 2. The maximum atomic E-state index is 12.4. The number of benzene rings is 3. The summed E-state index contributed by atoms with van der Waals surface area (Å²) in [5.74, 6) is 0.535. The van der Waals surface area contributed by atoms with E-state index in [1.807, 2.05) is 66.7 Å². The van der Waals surface area contributed by atoms with Crippen molar-refractivity contribution < 1.29 is 14.3 Å². The van der Waals surface area contributed by atoms with Gasteiger partial charge in [0.1, 0.15) is 12.4 Å². The van der Waals surface area contributed by atoms with Crippen LogP contribution >= 0.6 is 12.2 Å². The molecule has 3 aromatic carbocycles. The molecule has 0 radical (unpaired) electrons. The summed E-state index contributed by atoms with van der Waals surface area (Å²) in [5.41, 5.74) is 1.71. The number of rotatable bonds is 7. The Kier molecular flexibility index (Phi) is 6.94. The molecule has 0 aliphatic rings. The number of nitrogens with one attached hydrogen (secondary N) is 2. The smallest absolute Gasteiger partial charge is 0.230 e. The molecule has 28 heavy (non-hydrogen) atoms. The molecule has 0 bridgehead atoms. The van der Waals surface area contributed by atoms with Gasteiger partial charge in [-0.15, -0.1) is 0 Å². The normalized spacial score (nSPS) is 10.5. The predicted molar refractivity (Wildman–Crippen MR) is 116 cm³/mol. The van der Waals surface area contributed by atoms with Gasteiger partial charge in [-0.05, 0) is 40.7 Å². The third-order valence-corrected chi connectivity index (χ3v) is 4.34. The van der Waals surface area contributed by atoms with Crippen molar-refractivity contribution in [3.63, 3.8) is 0 Å². The molecule has 0 aromatic heterocycles.